The lowest BCUT2D eigenvalue weighted by Crippen LogP contribution is -2.46. The summed E-state index contributed by atoms with van der Waals surface area (Å²) < 4.78 is 35.7. The summed E-state index contributed by atoms with van der Waals surface area (Å²) in [6.45, 7) is 11.1. The van der Waals surface area contributed by atoms with Crippen molar-refractivity contribution in [3.63, 3.8) is 0 Å². The van der Waals surface area contributed by atoms with Gasteiger partial charge in [0.1, 0.15) is 33.2 Å². The van der Waals surface area contributed by atoms with Crippen LogP contribution < -0.4 is 10.6 Å². The topological polar surface area (TPSA) is 158 Å². The maximum atomic E-state index is 12.0. The van der Waals surface area contributed by atoms with Crippen LogP contribution in [0.25, 0.3) is 0 Å². The fourth-order valence-corrected chi connectivity index (χ4v) is 2.64. The van der Waals surface area contributed by atoms with Gasteiger partial charge in [0.25, 0.3) is 6.47 Å². The molecule has 0 aromatic carbocycles. The maximum Gasteiger partial charge on any atom is 0.408 e. The van der Waals surface area contributed by atoms with Crippen LogP contribution in [0.3, 0.4) is 0 Å². The molecular formula is C25H46N2O12. The third-order valence-electron chi connectivity index (χ3n) is 4.60. The molecule has 0 aliphatic carbocycles. The van der Waals surface area contributed by atoms with Crippen LogP contribution in [0.2, 0.25) is 0 Å². The predicted molar refractivity (Wildman–Crippen MR) is 139 cm³/mol. The number of esters is 1. The second kappa shape index (κ2) is 28.7. The van der Waals surface area contributed by atoms with Crippen LogP contribution in [0.1, 0.15) is 39.5 Å². The molecule has 0 saturated carbocycles. The molecule has 14 heteroatoms. The molecule has 0 spiro atoms. The highest BCUT2D eigenvalue weighted by atomic mass is 17.2. The van der Waals surface area contributed by atoms with Crippen molar-refractivity contribution >= 4 is 18.5 Å². The molecule has 0 aromatic heterocycles. The van der Waals surface area contributed by atoms with E-state index in [-0.39, 0.29) is 44.9 Å². The second-order valence-electron chi connectivity index (χ2n) is 7.95. The highest BCUT2D eigenvalue weighted by Crippen LogP contribution is 2.02. The molecule has 0 heterocycles. The van der Waals surface area contributed by atoms with Crippen molar-refractivity contribution in [2.75, 3.05) is 86.0 Å². The van der Waals surface area contributed by atoms with Crippen LogP contribution in [-0.2, 0) is 52.5 Å². The number of amides is 1. The van der Waals surface area contributed by atoms with E-state index in [0.717, 1.165) is 19.3 Å². The van der Waals surface area contributed by atoms with E-state index in [1.165, 1.54) is 6.92 Å². The number of ether oxygens (including phenoxy) is 7. The number of carbonyl (C=O) groups excluding carboxylic acids is 3. The number of alkyl carbamates (subject to hydrolysis) is 1. The van der Waals surface area contributed by atoms with Gasteiger partial charge >= 0.3 is 12.1 Å². The maximum absolute atomic E-state index is 12.0. The molecule has 1 unspecified atom stereocenters. The molecule has 228 valence electrons. The van der Waals surface area contributed by atoms with Gasteiger partial charge in [-0.25, -0.2) is 19.4 Å². The highest BCUT2D eigenvalue weighted by molar-refractivity contribution is 5.86. The third kappa shape index (κ3) is 27.0. The monoisotopic (exact) mass is 566 g/mol. The van der Waals surface area contributed by atoms with Crippen molar-refractivity contribution in [2.45, 2.75) is 45.7 Å². The molecule has 1 amide bonds. The van der Waals surface area contributed by atoms with Gasteiger partial charge in [-0.2, -0.15) is 0 Å². The Balaban J connectivity index is 3.68. The normalized spacial score (nSPS) is 11.5. The van der Waals surface area contributed by atoms with E-state index in [4.69, 9.17) is 38.2 Å². The van der Waals surface area contributed by atoms with Gasteiger partial charge in [0.15, 0.2) is 0 Å². The van der Waals surface area contributed by atoms with Gasteiger partial charge in [-0.1, -0.05) is 32.8 Å². The van der Waals surface area contributed by atoms with E-state index in [1.807, 2.05) is 0 Å². The fourth-order valence-electron chi connectivity index (χ4n) is 2.64. The van der Waals surface area contributed by atoms with Crippen LogP contribution in [0.5, 0.6) is 0 Å². The molecular weight excluding hydrogens is 520 g/mol. The summed E-state index contributed by atoms with van der Waals surface area (Å²) in [6, 6.07) is 0. The minimum atomic E-state index is -0.634. The molecule has 0 aromatic rings. The first kappa shape index (κ1) is 36.7. The summed E-state index contributed by atoms with van der Waals surface area (Å²) >= 11 is 0. The van der Waals surface area contributed by atoms with Gasteiger partial charge in [0.2, 0.25) is 0 Å². The SMILES string of the molecule is C=C(C)C(=O)OCCOC(=O)NC(CCCCC)NCOOCCOCCOCCOCCOCCOC=O. The van der Waals surface area contributed by atoms with E-state index in [2.05, 4.69) is 28.9 Å². The molecule has 0 rings (SSSR count). The molecule has 0 bridgehead atoms. The summed E-state index contributed by atoms with van der Waals surface area (Å²) in [5.74, 6) is -0.533. The first-order valence-corrected chi connectivity index (χ1v) is 13.1. The third-order valence-corrected chi connectivity index (χ3v) is 4.60. The van der Waals surface area contributed by atoms with Crippen molar-refractivity contribution in [1.82, 2.24) is 10.6 Å². The Bertz CT molecular complexity index is 624. The van der Waals surface area contributed by atoms with Gasteiger partial charge in [-0.3, -0.25) is 10.1 Å². The molecule has 0 saturated heterocycles. The van der Waals surface area contributed by atoms with E-state index in [1.54, 1.807) is 0 Å². The summed E-state index contributed by atoms with van der Waals surface area (Å²) in [4.78, 5) is 43.4. The van der Waals surface area contributed by atoms with E-state index < -0.39 is 12.1 Å². The second-order valence-corrected chi connectivity index (χ2v) is 7.95. The van der Waals surface area contributed by atoms with Crippen LogP contribution in [-0.4, -0.2) is 111 Å². The Kier molecular flexibility index (Phi) is 27.0. The molecule has 0 fully saturated rings. The number of hydrogen-bond acceptors (Lipinski definition) is 13. The Hall–Kier alpha value is -2.33. The minimum Gasteiger partial charge on any atom is -0.465 e. The van der Waals surface area contributed by atoms with Crippen LogP contribution in [0, 0.1) is 0 Å². The van der Waals surface area contributed by atoms with E-state index in [0.29, 0.717) is 65.7 Å². The number of nitrogens with one attached hydrogen (secondary N) is 2. The van der Waals surface area contributed by atoms with Crippen molar-refractivity contribution in [3.05, 3.63) is 12.2 Å². The molecule has 0 aliphatic rings. The summed E-state index contributed by atoms with van der Waals surface area (Å²) in [5, 5.41) is 5.74. The van der Waals surface area contributed by atoms with Gasteiger partial charge in [0.05, 0.1) is 59.0 Å². The Morgan fingerprint density at radius 1 is 0.769 bits per heavy atom. The van der Waals surface area contributed by atoms with E-state index >= 15 is 0 Å². The standard InChI is InChI=1S/C25H46N2O12/c1-4-5-6-7-23(27-25(30)37-18-17-36-24(29)22(2)3)26-20-39-38-19-16-34-13-12-32-9-8-31-10-11-33-14-15-35-21-28/h21,23,26H,2,4-20H2,1,3H3,(H,27,30). The summed E-state index contributed by atoms with van der Waals surface area (Å²) in [6.07, 6.45) is 2.63. The van der Waals surface area contributed by atoms with Crippen molar-refractivity contribution in [1.29, 1.82) is 0 Å². The van der Waals surface area contributed by atoms with Crippen molar-refractivity contribution in [3.8, 4) is 0 Å². The van der Waals surface area contributed by atoms with Crippen molar-refractivity contribution in [2.24, 2.45) is 0 Å². The Labute approximate surface area is 230 Å². The quantitative estimate of drug-likeness (QED) is 0.0196. The molecule has 0 radical (unpaired) electrons. The summed E-state index contributed by atoms with van der Waals surface area (Å²) in [7, 11) is 0. The van der Waals surface area contributed by atoms with Gasteiger partial charge in [-0.15, -0.1) is 0 Å². The smallest absolute Gasteiger partial charge is 0.408 e. The first-order valence-electron chi connectivity index (χ1n) is 13.1. The molecule has 2 N–H and O–H groups in total. The van der Waals surface area contributed by atoms with Gasteiger partial charge in [-0.05, 0) is 13.3 Å². The first-order chi connectivity index (χ1) is 19.0. The summed E-state index contributed by atoms with van der Waals surface area (Å²) in [5.41, 5.74) is 0.278. The predicted octanol–water partition coefficient (Wildman–Crippen LogP) is 1.47. The average Bonchev–Trinajstić information content (AvgIpc) is 2.92. The van der Waals surface area contributed by atoms with Crippen LogP contribution in [0.15, 0.2) is 12.2 Å². The van der Waals surface area contributed by atoms with Gasteiger partial charge in [0, 0.05) is 5.57 Å². The molecule has 39 heavy (non-hydrogen) atoms. The lowest BCUT2D eigenvalue weighted by Gasteiger charge is -2.19. The number of hydrogen-bond donors (Lipinski definition) is 2. The van der Waals surface area contributed by atoms with Crippen LogP contribution in [0.4, 0.5) is 4.79 Å². The zero-order valence-corrected chi connectivity index (χ0v) is 23.3. The fraction of sp³-hybridized carbons (Fsp3) is 0.800. The van der Waals surface area contributed by atoms with Crippen LogP contribution >= 0.6 is 0 Å². The zero-order valence-electron chi connectivity index (χ0n) is 23.3. The van der Waals surface area contributed by atoms with Gasteiger partial charge < -0.3 is 38.5 Å². The average molecular weight is 567 g/mol. The Morgan fingerprint density at radius 3 is 1.90 bits per heavy atom. The molecule has 1 atom stereocenters. The lowest BCUT2D eigenvalue weighted by atomic mass is 10.2. The zero-order chi connectivity index (χ0) is 28.8. The highest BCUT2D eigenvalue weighted by Gasteiger charge is 2.13. The molecule has 0 aliphatic heterocycles. The number of unbranched alkanes of at least 4 members (excludes halogenated alkanes) is 2. The van der Waals surface area contributed by atoms with E-state index in [9.17, 15) is 14.4 Å². The Morgan fingerprint density at radius 2 is 1.33 bits per heavy atom. The number of rotatable bonds is 29. The number of carbonyl (C=O) groups is 3. The lowest BCUT2D eigenvalue weighted by molar-refractivity contribution is -0.304. The van der Waals surface area contributed by atoms with Crippen molar-refractivity contribution < 1.29 is 57.3 Å². The minimum absolute atomic E-state index is 0.0496. The molecule has 14 nitrogen and oxygen atoms in total. The largest absolute Gasteiger partial charge is 0.465 e.